The number of hydrogen-bond acceptors (Lipinski definition) is 5. The number of nitrogens with one attached hydrogen (secondary N) is 1. The van der Waals surface area contributed by atoms with Gasteiger partial charge in [0, 0.05) is 18.2 Å². The minimum Gasteiger partial charge on any atom is -0.489 e. The van der Waals surface area contributed by atoms with Gasteiger partial charge in [-0.25, -0.2) is 0 Å². The molecule has 0 saturated carbocycles. The first-order chi connectivity index (χ1) is 17.1. The van der Waals surface area contributed by atoms with Gasteiger partial charge in [0.2, 0.25) is 5.91 Å². The van der Waals surface area contributed by atoms with Crippen LogP contribution in [0, 0.1) is 20.8 Å². The maximum atomic E-state index is 12.3. The zero-order chi connectivity index (χ0) is 25.9. The van der Waals surface area contributed by atoms with Gasteiger partial charge in [-0.05, 0) is 87.1 Å². The van der Waals surface area contributed by atoms with E-state index < -0.39 is 5.60 Å². The van der Waals surface area contributed by atoms with Crippen LogP contribution in [0.3, 0.4) is 0 Å². The summed E-state index contributed by atoms with van der Waals surface area (Å²) in [5.74, 6) is 1.82. The maximum Gasteiger partial charge on any atom is 0.308 e. The fourth-order valence-corrected chi connectivity index (χ4v) is 4.54. The molecule has 1 aliphatic heterocycles. The minimum atomic E-state index is -0.498. The average Bonchev–Trinajstić information content (AvgIpc) is 2.85. The molecular weight excluding hydrogens is 454 g/mol. The normalized spacial score (nSPS) is 16.5. The summed E-state index contributed by atoms with van der Waals surface area (Å²) in [5, 5.41) is 2.92. The van der Waals surface area contributed by atoms with E-state index in [-0.39, 0.29) is 11.9 Å². The molecule has 0 saturated heterocycles. The van der Waals surface area contributed by atoms with Gasteiger partial charge in [-0.2, -0.15) is 0 Å². The molecule has 0 spiro atoms. The van der Waals surface area contributed by atoms with Crippen molar-refractivity contribution in [3.05, 3.63) is 82.4 Å². The van der Waals surface area contributed by atoms with Crippen LogP contribution < -0.4 is 19.5 Å². The fourth-order valence-electron chi connectivity index (χ4n) is 4.54. The SMILES string of the molecule is CC(=O)Oc1c(C)c(C)c2c(c1C)CCC(C)(COc1ccc(NC(=O)Cc3ccccc3)cc1)O2. The first kappa shape index (κ1) is 25.3. The summed E-state index contributed by atoms with van der Waals surface area (Å²) in [5.41, 5.74) is 5.13. The number of carbonyl (C=O) groups is 2. The van der Waals surface area contributed by atoms with Crippen molar-refractivity contribution in [3.8, 4) is 17.2 Å². The highest BCUT2D eigenvalue weighted by Crippen LogP contribution is 2.44. The number of anilines is 1. The predicted octanol–water partition coefficient (Wildman–Crippen LogP) is 5.88. The summed E-state index contributed by atoms with van der Waals surface area (Å²) in [6.45, 7) is 9.79. The largest absolute Gasteiger partial charge is 0.489 e. The Morgan fingerprint density at radius 1 is 0.972 bits per heavy atom. The number of amides is 1. The molecule has 0 bridgehead atoms. The molecule has 0 aromatic heterocycles. The van der Waals surface area contributed by atoms with Gasteiger partial charge in [0.25, 0.3) is 0 Å². The van der Waals surface area contributed by atoms with Crippen molar-refractivity contribution < 1.29 is 23.8 Å². The Labute approximate surface area is 212 Å². The van der Waals surface area contributed by atoms with Crippen molar-refractivity contribution in [3.63, 3.8) is 0 Å². The van der Waals surface area contributed by atoms with Crippen LogP contribution in [0.15, 0.2) is 54.6 Å². The molecule has 0 fully saturated rings. The number of ether oxygens (including phenoxy) is 3. The summed E-state index contributed by atoms with van der Waals surface area (Å²) < 4.78 is 18.1. The number of esters is 1. The average molecular weight is 488 g/mol. The second-order valence-electron chi connectivity index (χ2n) is 9.68. The van der Waals surface area contributed by atoms with E-state index in [0.29, 0.717) is 24.5 Å². The van der Waals surface area contributed by atoms with E-state index >= 15 is 0 Å². The summed E-state index contributed by atoms with van der Waals surface area (Å²) in [7, 11) is 0. The van der Waals surface area contributed by atoms with Crippen molar-refractivity contribution in [2.45, 2.75) is 59.5 Å². The molecule has 1 atom stereocenters. The summed E-state index contributed by atoms with van der Waals surface area (Å²) in [6, 6.07) is 17.0. The summed E-state index contributed by atoms with van der Waals surface area (Å²) >= 11 is 0. The number of carbonyl (C=O) groups excluding carboxylic acids is 2. The predicted molar refractivity (Wildman–Crippen MR) is 140 cm³/mol. The Morgan fingerprint density at radius 3 is 2.33 bits per heavy atom. The van der Waals surface area contributed by atoms with Crippen LogP contribution in [0.4, 0.5) is 5.69 Å². The van der Waals surface area contributed by atoms with Crippen molar-refractivity contribution in [2.75, 3.05) is 11.9 Å². The molecule has 0 radical (unpaired) electrons. The molecule has 1 unspecified atom stereocenters. The molecule has 3 aromatic carbocycles. The van der Waals surface area contributed by atoms with Gasteiger partial charge in [0.15, 0.2) is 0 Å². The molecule has 36 heavy (non-hydrogen) atoms. The molecule has 0 aliphatic carbocycles. The maximum absolute atomic E-state index is 12.3. The van der Waals surface area contributed by atoms with Gasteiger partial charge in [-0.3, -0.25) is 9.59 Å². The quantitative estimate of drug-likeness (QED) is 0.333. The minimum absolute atomic E-state index is 0.0607. The van der Waals surface area contributed by atoms with Gasteiger partial charge in [-0.15, -0.1) is 0 Å². The van der Waals surface area contributed by atoms with E-state index in [0.717, 1.165) is 52.1 Å². The first-order valence-corrected chi connectivity index (χ1v) is 12.2. The Bertz CT molecular complexity index is 1270. The van der Waals surface area contributed by atoms with Crippen molar-refractivity contribution in [2.24, 2.45) is 0 Å². The number of fused-ring (bicyclic) bond motifs is 1. The first-order valence-electron chi connectivity index (χ1n) is 12.2. The Kier molecular flexibility index (Phi) is 7.34. The lowest BCUT2D eigenvalue weighted by Crippen LogP contribution is -2.42. The lowest BCUT2D eigenvalue weighted by atomic mass is 9.87. The molecule has 1 N–H and O–H groups in total. The number of benzene rings is 3. The molecule has 1 aliphatic rings. The van der Waals surface area contributed by atoms with Crippen LogP contribution in [-0.4, -0.2) is 24.1 Å². The van der Waals surface area contributed by atoms with Crippen LogP contribution in [-0.2, 0) is 22.4 Å². The van der Waals surface area contributed by atoms with Crippen LogP contribution in [0.2, 0.25) is 0 Å². The Balaban J connectivity index is 1.38. The van der Waals surface area contributed by atoms with Crippen molar-refractivity contribution in [1.29, 1.82) is 0 Å². The third-order valence-corrected chi connectivity index (χ3v) is 6.70. The van der Waals surface area contributed by atoms with E-state index in [9.17, 15) is 9.59 Å². The summed E-state index contributed by atoms with van der Waals surface area (Å²) in [6.07, 6.45) is 1.91. The third-order valence-electron chi connectivity index (χ3n) is 6.70. The molecule has 1 amide bonds. The van der Waals surface area contributed by atoms with Crippen molar-refractivity contribution in [1.82, 2.24) is 0 Å². The lowest BCUT2D eigenvalue weighted by molar-refractivity contribution is -0.132. The summed E-state index contributed by atoms with van der Waals surface area (Å²) in [4.78, 5) is 23.9. The van der Waals surface area contributed by atoms with Crippen LogP contribution in [0.1, 0.15) is 48.1 Å². The highest BCUT2D eigenvalue weighted by atomic mass is 16.5. The van der Waals surface area contributed by atoms with Gasteiger partial charge < -0.3 is 19.5 Å². The van der Waals surface area contributed by atoms with E-state index in [2.05, 4.69) is 12.2 Å². The van der Waals surface area contributed by atoms with Crippen LogP contribution in [0.25, 0.3) is 0 Å². The fraction of sp³-hybridized carbons (Fsp3) is 0.333. The smallest absolute Gasteiger partial charge is 0.308 e. The zero-order valence-electron chi connectivity index (χ0n) is 21.6. The Hall–Kier alpha value is -3.80. The Morgan fingerprint density at radius 2 is 1.67 bits per heavy atom. The number of hydrogen-bond donors (Lipinski definition) is 1. The van der Waals surface area contributed by atoms with E-state index in [1.807, 2.05) is 75.4 Å². The monoisotopic (exact) mass is 487 g/mol. The van der Waals surface area contributed by atoms with Crippen LogP contribution in [0.5, 0.6) is 17.2 Å². The standard InChI is InChI=1S/C30H33NO5/c1-19-20(2)29-26(21(3)28(19)35-22(4)32)15-16-30(5,36-29)18-34-25-13-11-24(12-14-25)31-27(33)17-23-9-7-6-8-10-23/h6-14H,15-18H2,1-5H3,(H,31,33). The third kappa shape index (κ3) is 5.70. The molecule has 4 rings (SSSR count). The van der Waals surface area contributed by atoms with Crippen molar-refractivity contribution >= 4 is 17.6 Å². The van der Waals surface area contributed by atoms with Crippen LogP contribution >= 0.6 is 0 Å². The molecule has 1 heterocycles. The van der Waals surface area contributed by atoms with Gasteiger partial charge in [0.05, 0.1) is 6.42 Å². The molecule has 6 heteroatoms. The zero-order valence-corrected chi connectivity index (χ0v) is 21.6. The van der Waals surface area contributed by atoms with Gasteiger partial charge in [0.1, 0.15) is 29.5 Å². The van der Waals surface area contributed by atoms with Gasteiger partial charge in [-0.1, -0.05) is 30.3 Å². The number of rotatable bonds is 7. The molecule has 6 nitrogen and oxygen atoms in total. The topological polar surface area (TPSA) is 73.9 Å². The van der Waals surface area contributed by atoms with E-state index in [1.165, 1.54) is 6.92 Å². The second-order valence-corrected chi connectivity index (χ2v) is 9.68. The highest BCUT2D eigenvalue weighted by molar-refractivity contribution is 5.92. The van der Waals surface area contributed by atoms with Gasteiger partial charge >= 0.3 is 5.97 Å². The lowest BCUT2D eigenvalue weighted by Gasteiger charge is -2.37. The van der Waals surface area contributed by atoms with E-state index in [1.54, 1.807) is 0 Å². The second kappa shape index (κ2) is 10.4. The van der Waals surface area contributed by atoms with E-state index in [4.69, 9.17) is 14.2 Å². The molecular formula is C30H33NO5. The molecule has 3 aromatic rings. The highest BCUT2D eigenvalue weighted by Gasteiger charge is 2.35. The molecule has 188 valence electrons.